The van der Waals surface area contributed by atoms with E-state index in [1.165, 1.54) is 13.2 Å². The monoisotopic (exact) mass is 327 g/mol. The number of ether oxygens (including phenoxy) is 1. The lowest BCUT2D eigenvalue weighted by Gasteiger charge is -2.07. The summed E-state index contributed by atoms with van der Waals surface area (Å²) in [5.74, 6) is 0.141. The van der Waals surface area contributed by atoms with Crippen LogP contribution in [0.15, 0.2) is 45.9 Å². The molecule has 0 spiro atoms. The first kappa shape index (κ1) is 15.8. The summed E-state index contributed by atoms with van der Waals surface area (Å²) in [5.41, 5.74) is 0.494. The maximum Gasteiger partial charge on any atom is 0.337 e. The van der Waals surface area contributed by atoms with E-state index in [2.05, 4.69) is 10.4 Å². The lowest BCUT2D eigenvalue weighted by atomic mass is 10.1. The standard InChI is InChI=1S/C17H17N3O4/c1-10(2)20-9-11(8-18-20)19-17(22)14-7-16(21)24-15-6-12(23-3)4-5-13(14)15/h4-10H,1-3H3,(H,19,22). The number of rotatable bonds is 4. The van der Waals surface area contributed by atoms with Crippen molar-refractivity contribution in [2.45, 2.75) is 19.9 Å². The second-order valence-electron chi connectivity index (χ2n) is 5.60. The van der Waals surface area contributed by atoms with Gasteiger partial charge in [0.2, 0.25) is 0 Å². The van der Waals surface area contributed by atoms with Gasteiger partial charge in [0, 0.05) is 29.8 Å². The fraction of sp³-hybridized carbons (Fsp3) is 0.235. The molecule has 1 N–H and O–H groups in total. The molecule has 0 radical (unpaired) electrons. The average molecular weight is 327 g/mol. The molecule has 0 fully saturated rings. The van der Waals surface area contributed by atoms with Crippen molar-refractivity contribution in [1.82, 2.24) is 9.78 Å². The fourth-order valence-electron chi connectivity index (χ4n) is 2.34. The van der Waals surface area contributed by atoms with Gasteiger partial charge in [0.05, 0.1) is 24.6 Å². The quantitative estimate of drug-likeness (QED) is 0.745. The van der Waals surface area contributed by atoms with Crippen molar-refractivity contribution in [3.8, 4) is 5.75 Å². The molecule has 0 bridgehead atoms. The van der Waals surface area contributed by atoms with Crippen molar-refractivity contribution in [3.63, 3.8) is 0 Å². The average Bonchev–Trinajstić information content (AvgIpc) is 3.02. The van der Waals surface area contributed by atoms with Crippen molar-refractivity contribution < 1.29 is 13.9 Å². The van der Waals surface area contributed by atoms with E-state index in [0.717, 1.165) is 0 Å². The summed E-state index contributed by atoms with van der Waals surface area (Å²) in [6.07, 6.45) is 3.30. The van der Waals surface area contributed by atoms with Crippen LogP contribution in [0.5, 0.6) is 5.75 Å². The minimum atomic E-state index is -0.598. The molecule has 3 rings (SSSR count). The van der Waals surface area contributed by atoms with Crippen molar-refractivity contribution >= 4 is 22.6 Å². The van der Waals surface area contributed by atoms with Gasteiger partial charge in [-0.1, -0.05) is 0 Å². The number of aromatic nitrogens is 2. The van der Waals surface area contributed by atoms with E-state index in [1.54, 1.807) is 35.3 Å². The summed E-state index contributed by atoms with van der Waals surface area (Å²) < 4.78 is 12.0. The van der Waals surface area contributed by atoms with Gasteiger partial charge in [-0.25, -0.2) is 4.79 Å². The lowest BCUT2D eigenvalue weighted by Crippen LogP contribution is -2.15. The third-order valence-corrected chi connectivity index (χ3v) is 3.58. The summed E-state index contributed by atoms with van der Waals surface area (Å²) in [7, 11) is 1.52. The zero-order chi connectivity index (χ0) is 17.3. The third kappa shape index (κ3) is 3.01. The van der Waals surface area contributed by atoms with E-state index in [9.17, 15) is 9.59 Å². The van der Waals surface area contributed by atoms with Gasteiger partial charge in [-0.2, -0.15) is 5.10 Å². The molecule has 1 amide bonds. The molecule has 0 aliphatic rings. The summed E-state index contributed by atoms with van der Waals surface area (Å²) in [5, 5.41) is 7.45. The van der Waals surface area contributed by atoms with Crippen molar-refractivity contribution in [1.29, 1.82) is 0 Å². The fourth-order valence-corrected chi connectivity index (χ4v) is 2.34. The number of hydrogen-bond acceptors (Lipinski definition) is 5. The molecule has 0 saturated heterocycles. The van der Waals surface area contributed by atoms with Crippen LogP contribution in [0, 0.1) is 0 Å². The maximum atomic E-state index is 12.6. The first-order valence-corrected chi connectivity index (χ1v) is 7.45. The molecule has 2 heterocycles. The van der Waals surface area contributed by atoms with Gasteiger partial charge >= 0.3 is 5.63 Å². The van der Waals surface area contributed by atoms with Crippen LogP contribution >= 0.6 is 0 Å². The number of benzene rings is 1. The van der Waals surface area contributed by atoms with Crippen LogP contribution in [0.3, 0.4) is 0 Å². The smallest absolute Gasteiger partial charge is 0.337 e. The van der Waals surface area contributed by atoms with Gasteiger partial charge in [-0.05, 0) is 26.0 Å². The summed E-state index contributed by atoms with van der Waals surface area (Å²) in [6.45, 7) is 3.98. The largest absolute Gasteiger partial charge is 0.497 e. The number of hydrogen-bond donors (Lipinski definition) is 1. The minimum Gasteiger partial charge on any atom is -0.497 e. The van der Waals surface area contributed by atoms with E-state index >= 15 is 0 Å². The molecule has 7 heteroatoms. The third-order valence-electron chi connectivity index (χ3n) is 3.58. The zero-order valence-corrected chi connectivity index (χ0v) is 13.6. The molecule has 0 atom stereocenters. The van der Waals surface area contributed by atoms with Crippen LogP contribution in [0.4, 0.5) is 5.69 Å². The van der Waals surface area contributed by atoms with Gasteiger partial charge in [0.15, 0.2) is 0 Å². The molecule has 24 heavy (non-hydrogen) atoms. The molecule has 3 aromatic rings. The Kier molecular flexibility index (Phi) is 4.07. The van der Waals surface area contributed by atoms with Crippen LogP contribution < -0.4 is 15.7 Å². The number of fused-ring (bicyclic) bond motifs is 1. The highest BCUT2D eigenvalue weighted by Crippen LogP contribution is 2.23. The van der Waals surface area contributed by atoms with Gasteiger partial charge in [0.1, 0.15) is 11.3 Å². The second kappa shape index (κ2) is 6.19. The van der Waals surface area contributed by atoms with Gasteiger partial charge in [0.25, 0.3) is 5.91 Å². The summed E-state index contributed by atoms with van der Waals surface area (Å²) >= 11 is 0. The van der Waals surface area contributed by atoms with Crippen molar-refractivity contribution in [2.75, 3.05) is 12.4 Å². The molecule has 0 unspecified atom stereocenters. The van der Waals surface area contributed by atoms with E-state index in [0.29, 0.717) is 22.4 Å². The molecule has 0 aliphatic heterocycles. The predicted octanol–water partition coefficient (Wildman–Crippen LogP) is 2.83. The molecule has 1 aromatic carbocycles. The highest BCUT2D eigenvalue weighted by atomic mass is 16.5. The predicted molar refractivity (Wildman–Crippen MR) is 89.6 cm³/mol. The molecule has 2 aromatic heterocycles. The number of methoxy groups -OCH3 is 1. The number of carbonyl (C=O) groups is 1. The molecule has 0 saturated carbocycles. The van der Waals surface area contributed by atoms with E-state index in [1.807, 2.05) is 13.8 Å². The summed E-state index contributed by atoms with van der Waals surface area (Å²) in [4.78, 5) is 24.3. The molecule has 0 aliphatic carbocycles. The highest BCUT2D eigenvalue weighted by molar-refractivity contribution is 6.11. The normalized spacial score (nSPS) is 11.0. The van der Waals surface area contributed by atoms with Crippen LogP contribution in [0.25, 0.3) is 11.0 Å². The number of anilines is 1. The first-order valence-electron chi connectivity index (χ1n) is 7.45. The Morgan fingerprint density at radius 1 is 1.33 bits per heavy atom. The topological polar surface area (TPSA) is 86.4 Å². The van der Waals surface area contributed by atoms with Gasteiger partial charge in [-0.3, -0.25) is 9.48 Å². The van der Waals surface area contributed by atoms with Crippen LogP contribution in [0.1, 0.15) is 30.2 Å². The van der Waals surface area contributed by atoms with Gasteiger partial charge < -0.3 is 14.5 Å². The summed E-state index contributed by atoms with van der Waals surface area (Å²) in [6, 6.07) is 6.33. The van der Waals surface area contributed by atoms with E-state index in [4.69, 9.17) is 9.15 Å². The van der Waals surface area contributed by atoms with Gasteiger partial charge in [-0.15, -0.1) is 0 Å². The van der Waals surface area contributed by atoms with Crippen molar-refractivity contribution in [2.24, 2.45) is 0 Å². The zero-order valence-electron chi connectivity index (χ0n) is 13.6. The van der Waals surface area contributed by atoms with Crippen LogP contribution in [-0.2, 0) is 0 Å². The first-order chi connectivity index (χ1) is 11.5. The highest BCUT2D eigenvalue weighted by Gasteiger charge is 2.15. The second-order valence-corrected chi connectivity index (χ2v) is 5.60. The number of nitrogens with zero attached hydrogens (tertiary/aromatic N) is 2. The van der Waals surface area contributed by atoms with E-state index in [-0.39, 0.29) is 11.6 Å². The Hall–Kier alpha value is -3.09. The SMILES string of the molecule is COc1ccc2c(C(=O)Nc3cnn(C(C)C)c3)cc(=O)oc2c1. The lowest BCUT2D eigenvalue weighted by molar-refractivity contribution is 0.102. The Morgan fingerprint density at radius 2 is 2.12 bits per heavy atom. The Balaban J connectivity index is 1.98. The molecule has 7 nitrogen and oxygen atoms in total. The number of amides is 1. The minimum absolute atomic E-state index is 0.188. The molecular formula is C17H17N3O4. The maximum absolute atomic E-state index is 12.6. The van der Waals surface area contributed by atoms with E-state index < -0.39 is 11.5 Å². The number of carbonyl (C=O) groups excluding carboxylic acids is 1. The molecular weight excluding hydrogens is 310 g/mol. The Bertz CT molecular complexity index is 956. The van der Waals surface area contributed by atoms with Crippen LogP contribution in [-0.4, -0.2) is 22.8 Å². The van der Waals surface area contributed by atoms with Crippen LogP contribution in [0.2, 0.25) is 0 Å². The molecule has 124 valence electrons. The van der Waals surface area contributed by atoms with Crippen molar-refractivity contribution in [3.05, 3.63) is 52.6 Å². The Labute approximate surface area is 137 Å². The Morgan fingerprint density at radius 3 is 2.79 bits per heavy atom. The number of nitrogens with one attached hydrogen (secondary N) is 1.